The predicted octanol–water partition coefficient (Wildman–Crippen LogP) is 2.58. The highest BCUT2D eigenvalue weighted by atomic mass is 16.3. The van der Waals surface area contributed by atoms with E-state index in [0.717, 1.165) is 11.6 Å². The molecule has 3 N–H and O–H groups in total. The number of nitrogens with zero attached hydrogens (tertiary/aromatic N) is 1. The number of benzene rings is 2. The van der Waals surface area contributed by atoms with Gasteiger partial charge in [-0.2, -0.15) is 0 Å². The quantitative estimate of drug-likeness (QED) is 0.795. The maximum atomic E-state index is 12.5. The molecule has 1 atom stereocenters. The molecule has 0 aromatic heterocycles. The Balaban J connectivity index is 2.10. The van der Waals surface area contributed by atoms with Gasteiger partial charge < -0.3 is 20.2 Å². The van der Waals surface area contributed by atoms with Crippen LogP contribution in [0.2, 0.25) is 0 Å². The summed E-state index contributed by atoms with van der Waals surface area (Å²) >= 11 is 0. The third kappa shape index (κ3) is 2.94. The molecule has 1 aliphatic rings. The van der Waals surface area contributed by atoms with Gasteiger partial charge in [0.1, 0.15) is 11.5 Å². The summed E-state index contributed by atoms with van der Waals surface area (Å²) in [4.78, 5) is 25.9. The average molecular weight is 339 g/mol. The monoisotopic (exact) mass is 339 g/mol. The molecule has 1 aliphatic heterocycles. The molecule has 128 valence electrons. The smallest absolute Gasteiger partial charge is 0.290 e. The molecule has 1 amide bonds. The number of hydrogen-bond donors (Lipinski definition) is 3. The van der Waals surface area contributed by atoms with Gasteiger partial charge in [-0.05, 0) is 24.6 Å². The first-order valence-corrected chi connectivity index (χ1v) is 7.71. The molecule has 6 heteroatoms. The van der Waals surface area contributed by atoms with E-state index < -0.39 is 23.5 Å². The van der Waals surface area contributed by atoms with E-state index in [0.29, 0.717) is 0 Å². The highest BCUT2D eigenvalue weighted by molar-refractivity contribution is 6.08. The van der Waals surface area contributed by atoms with Crippen LogP contribution in [0.15, 0.2) is 59.9 Å². The second kappa shape index (κ2) is 6.32. The lowest BCUT2D eigenvalue weighted by atomic mass is 9.95. The van der Waals surface area contributed by atoms with Crippen molar-refractivity contribution >= 4 is 11.7 Å². The normalized spacial score (nSPS) is 17.2. The third-order valence-corrected chi connectivity index (χ3v) is 4.19. The molecule has 1 unspecified atom stereocenters. The summed E-state index contributed by atoms with van der Waals surface area (Å²) in [5, 5.41) is 29.9. The number of carbonyl (C=O) groups is 2. The molecule has 0 aliphatic carbocycles. The number of aliphatic hydroxyl groups excluding tert-OH is 1. The van der Waals surface area contributed by atoms with E-state index in [9.17, 15) is 24.9 Å². The lowest BCUT2D eigenvalue weighted by Gasteiger charge is -2.27. The molecular formula is C19H17NO5. The van der Waals surface area contributed by atoms with Crippen molar-refractivity contribution in [2.45, 2.75) is 19.5 Å². The molecule has 3 rings (SSSR count). The zero-order valence-corrected chi connectivity index (χ0v) is 13.5. The van der Waals surface area contributed by atoms with Crippen LogP contribution in [0, 0.1) is 0 Å². The molecule has 0 bridgehead atoms. The minimum Gasteiger partial charge on any atom is -0.508 e. The van der Waals surface area contributed by atoms with Crippen molar-refractivity contribution in [2.24, 2.45) is 0 Å². The number of rotatable bonds is 4. The molecule has 0 fully saturated rings. The molecule has 6 nitrogen and oxygen atoms in total. The SMILES string of the molecule is CC(=O)C1=C(O)C(=O)N(Cc2ccccc2)C1c1ccc(O)cc1O. The van der Waals surface area contributed by atoms with Crippen LogP contribution in [0.1, 0.15) is 24.1 Å². The Hall–Kier alpha value is -3.28. The molecule has 0 saturated heterocycles. The Bertz CT molecular complexity index is 873. The maximum Gasteiger partial charge on any atom is 0.290 e. The van der Waals surface area contributed by atoms with E-state index in [1.807, 2.05) is 30.3 Å². The highest BCUT2D eigenvalue weighted by Gasteiger charge is 2.43. The summed E-state index contributed by atoms with van der Waals surface area (Å²) in [6.07, 6.45) is 0. The third-order valence-electron chi connectivity index (χ3n) is 4.19. The minimum absolute atomic E-state index is 0.0677. The number of amides is 1. The first-order chi connectivity index (χ1) is 11.9. The summed E-state index contributed by atoms with van der Waals surface area (Å²) in [6, 6.07) is 12.1. The van der Waals surface area contributed by atoms with Crippen molar-refractivity contribution in [3.63, 3.8) is 0 Å². The summed E-state index contributed by atoms with van der Waals surface area (Å²) in [7, 11) is 0. The molecule has 1 heterocycles. The van der Waals surface area contributed by atoms with E-state index >= 15 is 0 Å². The molecule has 0 saturated carbocycles. The number of phenolic OH excluding ortho intramolecular Hbond substituents is 2. The van der Waals surface area contributed by atoms with Crippen LogP contribution in [0.3, 0.4) is 0 Å². The molecule has 0 spiro atoms. The Morgan fingerprint density at radius 3 is 2.36 bits per heavy atom. The largest absolute Gasteiger partial charge is 0.508 e. The number of aliphatic hydroxyl groups is 1. The van der Waals surface area contributed by atoms with E-state index in [-0.39, 0.29) is 29.2 Å². The van der Waals surface area contributed by atoms with Crippen LogP contribution >= 0.6 is 0 Å². The van der Waals surface area contributed by atoms with Crippen LogP contribution in [0.5, 0.6) is 11.5 Å². The molecular weight excluding hydrogens is 322 g/mol. The van der Waals surface area contributed by atoms with Gasteiger partial charge in [0, 0.05) is 18.2 Å². The first-order valence-electron chi connectivity index (χ1n) is 7.71. The molecule has 0 radical (unpaired) electrons. The summed E-state index contributed by atoms with van der Waals surface area (Å²) in [5.41, 5.74) is 1.01. The van der Waals surface area contributed by atoms with E-state index in [2.05, 4.69) is 0 Å². The maximum absolute atomic E-state index is 12.5. The fourth-order valence-corrected chi connectivity index (χ4v) is 3.04. The lowest BCUT2D eigenvalue weighted by Crippen LogP contribution is -2.30. The van der Waals surface area contributed by atoms with Gasteiger partial charge in [0.25, 0.3) is 5.91 Å². The molecule has 25 heavy (non-hydrogen) atoms. The van der Waals surface area contributed by atoms with Gasteiger partial charge in [-0.3, -0.25) is 9.59 Å². The zero-order valence-electron chi connectivity index (χ0n) is 13.5. The van der Waals surface area contributed by atoms with Crippen LogP contribution in [0.25, 0.3) is 0 Å². The second-order valence-electron chi connectivity index (χ2n) is 5.88. The van der Waals surface area contributed by atoms with Gasteiger partial charge in [0.15, 0.2) is 11.5 Å². The van der Waals surface area contributed by atoms with E-state index in [1.54, 1.807) is 0 Å². The van der Waals surface area contributed by atoms with E-state index in [1.165, 1.54) is 24.0 Å². The summed E-state index contributed by atoms with van der Waals surface area (Å²) in [6.45, 7) is 1.42. The van der Waals surface area contributed by atoms with Crippen molar-refractivity contribution < 1.29 is 24.9 Å². The van der Waals surface area contributed by atoms with Crippen LogP contribution in [0.4, 0.5) is 0 Å². The number of Topliss-reactive ketones (excluding diaryl/α,β-unsaturated/α-hetero) is 1. The summed E-state index contributed by atoms with van der Waals surface area (Å²) < 4.78 is 0. The Labute approximate surface area is 144 Å². The van der Waals surface area contributed by atoms with Crippen molar-refractivity contribution in [1.29, 1.82) is 0 Å². The van der Waals surface area contributed by atoms with Crippen molar-refractivity contribution in [1.82, 2.24) is 4.90 Å². The average Bonchev–Trinajstić information content (AvgIpc) is 2.81. The van der Waals surface area contributed by atoms with Gasteiger partial charge in [0.05, 0.1) is 11.6 Å². The fraction of sp³-hybridized carbons (Fsp3) is 0.158. The van der Waals surface area contributed by atoms with Gasteiger partial charge in [-0.15, -0.1) is 0 Å². The van der Waals surface area contributed by atoms with Gasteiger partial charge in [-0.1, -0.05) is 30.3 Å². The number of hydrogen-bond acceptors (Lipinski definition) is 5. The zero-order chi connectivity index (χ0) is 18.1. The molecule has 2 aromatic rings. The second-order valence-corrected chi connectivity index (χ2v) is 5.88. The predicted molar refractivity (Wildman–Crippen MR) is 89.8 cm³/mol. The van der Waals surface area contributed by atoms with Crippen LogP contribution in [-0.2, 0) is 16.1 Å². The Morgan fingerprint density at radius 1 is 1.08 bits per heavy atom. The fourth-order valence-electron chi connectivity index (χ4n) is 3.04. The number of phenols is 2. The first kappa shape index (κ1) is 16.6. The van der Waals surface area contributed by atoms with Gasteiger partial charge in [0.2, 0.25) is 0 Å². The number of aromatic hydroxyl groups is 2. The minimum atomic E-state index is -0.925. The van der Waals surface area contributed by atoms with Gasteiger partial charge >= 0.3 is 0 Å². The molecule has 2 aromatic carbocycles. The topological polar surface area (TPSA) is 98.1 Å². The number of carbonyl (C=O) groups excluding carboxylic acids is 2. The van der Waals surface area contributed by atoms with Crippen molar-refractivity contribution in [2.75, 3.05) is 0 Å². The standard InChI is InChI=1S/C19H17NO5/c1-11(21)16-17(14-8-7-13(22)9-15(14)23)20(19(25)18(16)24)10-12-5-3-2-4-6-12/h2-9,17,22-24H,10H2,1H3. The summed E-state index contributed by atoms with van der Waals surface area (Å²) in [5.74, 6) is -2.15. The number of ketones is 1. The van der Waals surface area contributed by atoms with Crippen molar-refractivity contribution in [3.8, 4) is 11.5 Å². The van der Waals surface area contributed by atoms with Crippen LogP contribution < -0.4 is 0 Å². The highest BCUT2D eigenvalue weighted by Crippen LogP contribution is 2.42. The van der Waals surface area contributed by atoms with Gasteiger partial charge in [-0.25, -0.2) is 0 Å². The van der Waals surface area contributed by atoms with E-state index in [4.69, 9.17) is 0 Å². The van der Waals surface area contributed by atoms with Crippen LogP contribution in [-0.4, -0.2) is 31.9 Å². The van der Waals surface area contributed by atoms with Crippen molar-refractivity contribution in [3.05, 3.63) is 71.0 Å². The Morgan fingerprint density at radius 2 is 1.76 bits per heavy atom. The Kier molecular flexibility index (Phi) is 4.19. The lowest BCUT2D eigenvalue weighted by molar-refractivity contribution is -0.130.